The minimum atomic E-state index is -0.626. The number of rotatable bonds is 6. The van der Waals surface area contributed by atoms with Crippen LogP contribution in [0.15, 0.2) is 66.9 Å². The Labute approximate surface area is 189 Å². The standard InChI is InChI=1S/C23H19ClN6O2/c1-13-9-14(5-6-18(13)24)19-12-21(30-23(26)29-19)28-15-3-2-4-16(10-15)32-17-7-8-27-20(11-17)22(25)31/h2-12H,1H3,(H2,25,31)(H3,26,28,29,30). The number of nitrogen functional groups attached to an aromatic ring is 1. The number of ether oxygens (including phenoxy) is 1. The Hall–Kier alpha value is -4.17. The minimum Gasteiger partial charge on any atom is -0.457 e. The van der Waals surface area contributed by atoms with Crippen molar-refractivity contribution in [2.24, 2.45) is 5.73 Å². The molecule has 32 heavy (non-hydrogen) atoms. The fourth-order valence-electron chi connectivity index (χ4n) is 3.01. The van der Waals surface area contributed by atoms with Crippen LogP contribution in [0.25, 0.3) is 11.3 Å². The van der Waals surface area contributed by atoms with E-state index in [-0.39, 0.29) is 11.6 Å². The van der Waals surface area contributed by atoms with Crippen molar-refractivity contribution in [2.45, 2.75) is 6.92 Å². The first-order chi connectivity index (χ1) is 15.4. The van der Waals surface area contributed by atoms with E-state index >= 15 is 0 Å². The molecule has 4 aromatic rings. The number of amides is 1. The molecule has 0 atom stereocenters. The quantitative estimate of drug-likeness (QED) is 0.390. The van der Waals surface area contributed by atoms with Gasteiger partial charge in [0.15, 0.2) is 0 Å². The Kier molecular flexibility index (Phi) is 5.87. The zero-order valence-corrected chi connectivity index (χ0v) is 17.8. The lowest BCUT2D eigenvalue weighted by Gasteiger charge is -2.11. The van der Waals surface area contributed by atoms with Gasteiger partial charge in [-0.3, -0.25) is 9.78 Å². The van der Waals surface area contributed by atoms with E-state index in [0.717, 1.165) is 16.8 Å². The monoisotopic (exact) mass is 446 g/mol. The predicted molar refractivity (Wildman–Crippen MR) is 124 cm³/mol. The average molecular weight is 447 g/mol. The molecule has 0 aliphatic rings. The fourth-order valence-corrected chi connectivity index (χ4v) is 3.13. The number of carbonyl (C=O) groups is 1. The molecule has 0 fully saturated rings. The third kappa shape index (κ3) is 4.93. The van der Waals surface area contributed by atoms with Crippen LogP contribution in [0.1, 0.15) is 16.1 Å². The van der Waals surface area contributed by atoms with Crippen LogP contribution >= 0.6 is 11.6 Å². The van der Waals surface area contributed by atoms with Crippen LogP contribution in [-0.4, -0.2) is 20.9 Å². The average Bonchev–Trinajstić information content (AvgIpc) is 2.75. The summed E-state index contributed by atoms with van der Waals surface area (Å²) in [6, 6.07) is 17.8. The molecule has 0 radical (unpaired) electrons. The van der Waals surface area contributed by atoms with Gasteiger partial charge in [0.25, 0.3) is 5.91 Å². The number of hydrogen-bond donors (Lipinski definition) is 3. The van der Waals surface area contributed by atoms with Crippen LogP contribution in [0.3, 0.4) is 0 Å². The van der Waals surface area contributed by atoms with Crippen molar-refractivity contribution in [2.75, 3.05) is 11.1 Å². The molecular formula is C23H19ClN6O2. The number of carbonyl (C=O) groups excluding carboxylic acids is 1. The second kappa shape index (κ2) is 8.91. The van der Waals surface area contributed by atoms with Crippen LogP contribution in [0, 0.1) is 6.92 Å². The molecule has 0 saturated heterocycles. The molecule has 4 rings (SSSR count). The number of nitrogens with one attached hydrogen (secondary N) is 1. The second-order valence-corrected chi connectivity index (χ2v) is 7.36. The normalized spacial score (nSPS) is 10.6. The number of primary amides is 1. The first kappa shape index (κ1) is 21.1. The van der Waals surface area contributed by atoms with Gasteiger partial charge in [-0.2, -0.15) is 4.98 Å². The van der Waals surface area contributed by atoms with E-state index in [1.165, 1.54) is 12.3 Å². The highest BCUT2D eigenvalue weighted by atomic mass is 35.5. The van der Waals surface area contributed by atoms with Gasteiger partial charge in [0.05, 0.1) is 5.69 Å². The Balaban J connectivity index is 1.57. The number of anilines is 3. The smallest absolute Gasteiger partial charge is 0.267 e. The first-order valence-corrected chi connectivity index (χ1v) is 9.97. The first-order valence-electron chi connectivity index (χ1n) is 9.59. The summed E-state index contributed by atoms with van der Waals surface area (Å²) in [5, 5.41) is 3.90. The van der Waals surface area contributed by atoms with Crippen molar-refractivity contribution < 1.29 is 9.53 Å². The number of hydrogen-bond acceptors (Lipinski definition) is 7. The lowest BCUT2D eigenvalue weighted by atomic mass is 10.1. The molecule has 1 amide bonds. The number of pyridine rings is 1. The fraction of sp³-hybridized carbons (Fsp3) is 0.0435. The summed E-state index contributed by atoms with van der Waals surface area (Å²) in [6.45, 7) is 1.93. The van der Waals surface area contributed by atoms with E-state index in [1.807, 2.05) is 37.3 Å². The SMILES string of the molecule is Cc1cc(-c2cc(Nc3cccc(Oc4ccnc(C(N)=O)c4)c3)nc(N)n2)ccc1Cl. The molecule has 0 spiro atoms. The molecule has 9 heteroatoms. The van der Waals surface area contributed by atoms with E-state index in [9.17, 15) is 4.79 Å². The van der Waals surface area contributed by atoms with Gasteiger partial charge < -0.3 is 21.5 Å². The van der Waals surface area contributed by atoms with Gasteiger partial charge in [0.2, 0.25) is 5.95 Å². The number of nitrogens with two attached hydrogens (primary N) is 2. The number of benzene rings is 2. The van der Waals surface area contributed by atoms with E-state index in [0.29, 0.717) is 28.0 Å². The summed E-state index contributed by atoms with van der Waals surface area (Å²) < 4.78 is 5.83. The van der Waals surface area contributed by atoms with E-state index in [1.54, 1.807) is 24.3 Å². The van der Waals surface area contributed by atoms with Crippen molar-refractivity contribution in [1.29, 1.82) is 0 Å². The van der Waals surface area contributed by atoms with Crippen LogP contribution in [0.2, 0.25) is 5.02 Å². The largest absolute Gasteiger partial charge is 0.457 e. The number of aromatic nitrogens is 3. The number of halogens is 1. The summed E-state index contributed by atoms with van der Waals surface area (Å²) in [5.41, 5.74) is 14.5. The molecule has 0 aliphatic heterocycles. The molecule has 5 N–H and O–H groups in total. The molecule has 0 aliphatic carbocycles. The molecule has 160 valence electrons. The van der Waals surface area contributed by atoms with Crippen LogP contribution in [-0.2, 0) is 0 Å². The van der Waals surface area contributed by atoms with E-state index in [2.05, 4.69) is 20.3 Å². The van der Waals surface area contributed by atoms with Crippen LogP contribution in [0.4, 0.5) is 17.5 Å². The zero-order chi connectivity index (χ0) is 22.7. The topological polar surface area (TPSA) is 129 Å². The summed E-state index contributed by atoms with van der Waals surface area (Å²) in [7, 11) is 0. The van der Waals surface area contributed by atoms with Gasteiger partial charge in [0, 0.05) is 40.7 Å². The van der Waals surface area contributed by atoms with Crippen LogP contribution in [0.5, 0.6) is 11.5 Å². The highest BCUT2D eigenvalue weighted by Gasteiger charge is 2.09. The van der Waals surface area contributed by atoms with Crippen molar-refractivity contribution >= 4 is 35.0 Å². The maximum absolute atomic E-state index is 11.3. The van der Waals surface area contributed by atoms with Crippen molar-refractivity contribution in [1.82, 2.24) is 15.0 Å². The Morgan fingerprint density at radius 1 is 1.03 bits per heavy atom. The Morgan fingerprint density at radius 2 is 1.84 bits per heavy atom. The van der Waals surface area contributed by atoms with Gasteiger partial charge in [0.1, 0.15) is 23.0 Å². The van der Waals surface area contributed by atoms with Gasteiger partial charge in [-0.25, -0.2) is 4.98 Å². The van der Waals surface area contributed by atoms with Gasteiger partial charge in [-0.05, 0) is 42.8 Å². The van der Waals surface area contributed by atoms with Crippen molar-refractivity contribution in [3.63, 3.8) is 0 Å². The Morgan fingerprint density at radius 3 is 2.62 bits per heavy atom. The summed E-state index contributed by atoms with van der Waals surface area (Å²) in [6.07, 6.45) is 1.46. The summed E-state index contributed by atoms with van der Waals surface area (Å²) in [4.78, 5) is 23.8. The highest BCUT2D eigenvalue weighted by Crippen LogP contribution is 2.28. The molecular weight excluding hydrogens is 428 g/mol. The maximum atomic E-state index is 11.3. The zero-order valence-electron chi connectivity index (χ0n) is 17.0. The lowest BCUT2D eigenvalue weighted by Crippen LogP contribution is -2.12. The predicted octanol–water partition coefficient (Wildman–Crippen LogP) is 4.72. The summed E-state index contributed by atoms with van der Waals surface area (Å²) >= 11 is 6.13. The maximum Gasteiger partial charge on any atom is 0.267 e. The Bertz CT molecular complexity index is 1310. The lowest BCUT2D eigenvalue weighted by molar-refractivity contribution is 0.0995. The van der Waals surface area contributed by atoms with E-state index < -0.39 is 5.91 Å². The van der Waals surface area contributed by atoms with Crippen molar-refractivity contribution in [3.8, 4) is 22.8 Å². The molecule has 2 aromatic carbocycles. The van der Waals surface area contributed by atoms with E-state index in [4.69, 9.17) is 27.8 Å². The van der Waals surface area contributed by atoms with Crippen LogP contribution < -0.4 is 21.5 Å². The molecule has 0 saturated carbocycles. The van der Waals surface area contributed by atoms with Gasteiger partial charge >= 0.3 is 0 Å². The summed E-state index contributed by atoms with van der Waals surface area (Å²) in [5.74, 6) is 1.03. The second-order valence-electron chi connectivity index (χ2n) is 6.96. The molecule has 2 heterocycles. The molecule has 2 aromatic heterocycles. The molecule has 0 bridgehead atoms. The van der Waals surface area contributed by atoms with Crippen molar-refractivity contribution in [3.05, 3.63) is 83.1 Å². The highest BCUT2D eigenvalue weighted by molar-refractivity contribution is 6.31. The number of aryl methyl sites for hydroxylation is 1. The molecule has 0 unspecified atom stereocenters. The minimum absolute atomic E-state index is 0.123. The third-order valence-electron chi connectivity index (χ3n) is 4.52. The number of nitrogens with zero attached hydrogens (tertiary/aromatic N) is 3. The van der Waals surface area contributed by atoms with Gasteiger partial charge in [-0.1, -0.05) is 23.7 Å². The van der Waals surface area contributed by atoms with Gasteiger partial charge in [-0.15, -0.1) is 0 Å². The third-order valence-corrected chi connectivity index (χ3v) is 4.95. The molecule has 8 nitrogen and oxygen atoms in total.